The predicted octanol–water partition coefficient (Wildman–Crippen LogP) is 3.04. The van der Waals surface area contributed by atoms with Crippen molar-refractivity contribution < 1.29 is 12.6 Å². The fourth-order valence-electron chi connectivity index (χ4n) is 2.03. The summed E-state index contributed by atoms with van der Waals surface area (Å²) in [5.41, 5.74) is 1.54. The highest BCUT2D eigenvalue weighted by atomic mass is 35.5. The number of halogens is 1. The molecular weight excluding hydrogens is 354 g/mol. The molecule has 0 amide bonds. The third-order valence-electron chi connectivity index (χ3n) is 3.28. The van der Waals surface area contributed by atoms with Gasteiger partial charge in [0.1, 0.15) is 0 Å². The molecule has 0 aromatic heterocycles. The van der Waals surface area contributed by atoms with Crippen molar-refractivity contribution in [2.75, 3.05) is 14.1 Å². The van der Waals surface area contributed by atoms with Gasteiger partial charge in [-0.2, -0.15) is 0 Å². The summed E-state index contributed by atoms with van der Waals surface area (Å²) < 4.78 is 37.8. The van der Waals surface area contributed by atoms with E-state index >= 15 is 0 Å². The molecule has 4 nitrogen and oxygen atoms in total. The molecule has 0 aliphatic heterocycles. The Hall–Kier alpha value is -1.21. The lowest BCUT2D eigenvalue weighted by Gasteiger charge is -2.12. The van der Waals surface area contributed by atoms with Crippen molar-refractivity contribution in [3.63, 3.8) is 0 Å². The zero-order valence-electron chi connectivity index (χ0n) is 12.9. The molecule has 2 aromatic carbocycles. The van der Waals surface area contributed by atoms with E-state index in [2.05, 4.69) is 0 Å². The number of hydrogen-bond donors (Lipinski definition) is 0. The highest BCUT2D eigenvalue weighted by Crippen LogP contribution is 2.20. The maximum atomic E-state index is 12.3. The first-order chi connectivity index (χ1) is 10.8. The van der Waals surface area contributed by atoms with Gasteiger partial charge in [0.25, 0.3) is 0 Å². The number of sulfonamides is 1. The first-order valence-corrected chi connectivity index (χ1v) is 10.2. The monoisotopic (exact) mass is 371 g/mol. The third-order valence-corrected chi connectivity index (χ3v) is 6.75. The van der Waals surface area contributed by atoms with Crippen LogP contribution in [0.4, 0.5) is 0 Å². The van der Waals surface area contributed by atoms with E-state index in [0.29, 0.717) is 10.8 Å². The molecule has 0 saturated heterocycles. The van der Waals surface area contributed by atoms with Crippen molar-refractivity contribution in [3.05, 3.63) is 64.7 Å². The summed E-state index contributed by atoms with van der Waals surface area (Å²) >= 11 is 6.07. The quantitative estimate of drug-likeness (QED) is 0.784. The molecule has 23 heavy (non-hydrogen) atoms. The summed E-state index contributed by atoms with van der Waals surface area (Å²) in [5, 5.41) is 0.588. The number of benzene rings is 2. The maximum Gasteiger partial charge on any atom is 0.242 e. The summed E-state index contributed by atoms with van der Waals surface area (Å²) in [7, 11) is -1.69. The first-order valence-electron chi connectivity index (χ1n) is 6.90. The SMILES string of the molecule is CN(C)S(=O)(=O)c1cccc(CS(=O)Cc2ccccc2Cl)c1. The molecule has 2 aromatic rings. The van der Waals surface area contributed by atoms with Gasteiger partial charge in [-0.1, -0.05) is 41.9 Å². The van der Waals surface area contributed by atoms with E-state index in [1.54, 1.807) is 24.3 Å². The average Bonchev–Trinajstić information content (AvgIpc) is 2.49. The minimum absolute atomic E-state index is 0.203. The fraction of sp³-hybridized carbons (Fsp3) is 0.250. The Kier molecular flexibility index (Phi) is 5.97. The van der Waals surface area contributed by atoms with Crippen molar-refractivity contribution in [3.8, 4) is 0 Å². The first kappa shape index (κ1) is 18.1. The van der Waals surface area contributed by atoms with E-state index in [4.69, 9.17) is 11.6 Å². The summed E-state index contributed by atoms with van der Waals surface area (Å²) in [6.07, 6.45) is 0. The van der Waals surface area contributed by atoms with Crippen LogP contribution in [0.5, 0.6) is 0 Å². The Morgan fingerprint density at radius 3 is 2.39 bits per heavy atom. The average molecular weight is 372 g/mol. The smallest absolute Gasteiger partial charge is 0.242 e. The largest absolute Gasteiger partial charge is 0.259 e. The second kappa shape index (κ2) is 7.57. The van der Waals surface area contributed by atoms with Crippen LogP contribution in [0.2, 0.25) is 5.02 Å². The van der Waals surface area contributed by atoms with Crippen LogP contribution in [0.3, 0.4) is 0 Å². The van der Waals surface area contributed by atoms with Gasteiger partial charge >= 0.3 is 0 Å². The Bertz CT molecular complexity index is 820. The zero-order chi connectivity index (χ0) is 17.0. The van der Waals surface area contributed by atoms with Crippen LogP contribution in [0.15, 0.2) is 53.4 Å². The van der Waals surface area contributed by atoms with Crippen molar-refractivity contribution in [1.82, 2.24) is 4.31 Å². The molecule has 2 rings (SSSR count). The molecule has 0 spiro atoms. The van der Waals surface area contributed by atoms with Gasteiger partial charge in [0.15, 0.2) is 0 Å². The van der Waals surface area contributed by atoms with Crippen molar-refractivity contribution >= 4 is 32.4 Å². The lowest BCUT2D eigenvalue weighted by molar-refractivity contribution is 0.520. The summed E-state index contributed by atoms with van der Waals surface area (Å²) in [4.78, 5) is 0.203. The third kappa shape index (κ3) is 4.64. The van der Waals surface area contributed by atoms with Gasteiger partial charge in [0.05, 0.1) is 10.6 Å². The topological polar surface area (TPSA) is 54.5 Å². The molecule has 0 fully saturated rings. The minimum Gasteiger partial charge on any atom is -0.259 e. The Morgan fingerprint density at radius 2 is 1.74 bits per heavy atom. The van der Waals surface area contributed by atoms with Gasteiger partial charge in [-0.25, -0.2) is 12.7 Å². The van der Waals surface area contributed by atoms with E-state index < -0.39 is 20.8 Å². The second-order valence-corrected chi connectivity index (χ2v) is 9.27. The van der Waals surface area contributed by atoms with Gasteiger partial charge in [0.2, 0.25) is 10.0 Å². The van der Waals surface area contributed by atoms with Crippen molar-refractivity contribution in [1.29, 1.82) is 0 Å². The van der Waals surface area contributed by atoms with Crippen LogP contribution in [-0.4, -0.2) is 31.0 Å². The second-order valence-electron chi connectivity index (χ2n) is 5.25. The van der Waals surface area contributed by atoms with Crippen LogP contribution in [0.1, 0.15) is 11.1 Å². The van der Waals surface area contributed by atoms with E-state index in [-0.39, 0.29) is 10.6 Å². The van der Waals surface area contributed by atoms with E-state index in [9.17, 15) is 12.6 Å². The molecule has 7 heteroatoms. The van der Waals surface area contributed by atoms with Crippen molar-refractivity contribution in [2.24, 2.45) is 0 Å². The standard InChI is InChI=1S/C16H18ClNO3S2/c1-18(2)23(20,21)15-8-5-6-13(10-15)11-22(19)12-14-7-3-4-9-16(14)17/h3-10H,11-12H2,1-2H3. The van der Waals surface area contributed by atoms with Crippen LogP contribution in [0.25, 0.3) is 0 Å². The van der Waals surface area contributed by atoms with Crippen LogP contribution in [-0.2, 0) is 32.3 Å². The van der Waals surface area contributed by atoms with Gasteiger partial charge in [-0.05, 0) is 29.3 Å². The molecule has 0 bridgehead atoms. The number of hydrogen-bond acceptors (Lipinski definition) is 3. The van der Waals surface area contributed by atoms with Crippen LogP contribution in [0, 0.1) is 0 Å². The molecule has 0 aliphatic carbocycles. The fourth-order valence-corrected chi connectivity index (χ4v) is 4.54. The van der Waals surface area contributed by atoms with Crippen molar-refractivity contribution in [2.45, 2.75) is 16.4 Å². The van der Waals surface area contributed by atoms with E-state index in [1.165, 1.54) is 20.2 Å². The number of nitrogens with zero attached hydrogens (tertiary/aromatic N) is 1. The molecule has 0 aliphatic rings. The molecule has 1 atom stereocenters. The Balaban J connectivity index is 2.15. The maximum absolute atomic E-state index is 12.3. The Morgan fingerprint density at radius 1 is 1.04 bits per heavy atom. The van der Waals surface area contributed by atoms with E-state index in [1.807, 2.05) is 18.2 Å². The molecule has 0 N–H and O–H groups in total. The van der Waals surface area contributed by atoms with Gasteiger partial charge in [-0.3, -0.25) is 4.21 Å². The minimum atomic E-state index is -3.49. The normalized spacial score (nSPS) is 13.2. The van der Waals surface area contributed by atoms with Crippen LogP contribution < -0.4 is 0 Å². The lowest BCUT2D eigenvalue weighted by atomic mass is 10.2. The molecular formula is C16H18ClNO3S2. The molecule has 0 saturated carbocycles. The summed E-state index contributed by atoms with van der Waals surface area (Å²) in [5.74, 6) is 0.617. The van der Waals surface area contributed by atoms with Gasteiger partial charge < -0.3 is 0 Å². The lowest BCUT2D eigenvalue weighted by Crippen LogP contribution is -2.22. The van der Waals surface area contributed by atoms with Gasteiger partial charge in [0, 0.05) is 35.7 Å². The summed E-state index contributed by atoms with van der Waals surface area (Å²) in [6, 6.07) is 13.8. The van der Waals surface area contributed by atoms with Crippen LogP contribution >= 0.6 is 11.6 Å². The van der Waals surface area contributed by atoms with E-state index in [0.717, 1.165) is 15.4 Å². The number of rotatable bonds is 6. The molecule has 0 heterocycles. The summed E-state index contributed by atoms with van der Waals surface area (Å²) in [6.45, 7) is 0. The molecule has 1 unspecified atom stereocenters. The van der Waals surface area contributed by atoms with Gasteiger partial charge in [-0.15, -0.1) is 0 Å². The molecule has 124 valence electrons. The highest BCUT2D eigenvalue weighted by Gasteiger charge is 2.17. The Labute approximate surface area is 144 Å². The predicted molar refractivity (Wildman–Crippen MR) is 94.3 cm³/mol. The molecule has 0 radical (unpaired) electrons. The zero-order valence-corrected chi connectivity index (χ0v) is 15.3. The highest BCUT2D eigenvalue weighted by molar-refractivity contribution is 7.89.